The average molecular weight is 458 g/mol. The van der Waals surface area contributed by atoms with E-state index < -0.39 is 34.7 Å². The summed E-state index contributed by atoms with van der Waals surface area (Å²) in [6.45, 7) is 4.83. The molecule has 0 aliphatic carbocycles. The van der Waals surface area contributed by atoms with Crippen LogP contribution in [0.25, 0.3) is 0 Å². The van der Waals surface area contributed by atoms with Crippen molar-refractivity contribution in [2.75, 3.05) is 11.9 Å². The first kappa shape index (κ1) is 22.6. The van der Waals surface area contributed by atoms with Crippen molar-refractivity contribution >= 4 is 46.7 Å². The Morgan fingerprint density at radius 3 is 2.56 bits per heavy atom. The van der Waals surface area contributed by atoms with E-state index in [1.165, 1.54) is 43.3 Å². The molecular weight excluding hydrogens is 442 g/mol. The number of ether oxygens (including phenoxy) is 1. The van der Waals surface area contributed by atoms with Crippen LogP contribution in [0.3, 0.4) is 0 Å². The van der Waals surface area contributed by atoms with Gasteiger partial charge in [0.2, 0.25) is 0 Å². The summed E-state index contributed by atoms with van der Waals surface area (Å²) in [4.78, 5) is 60.7. The van der Waals surface area contributed by atoms with Gasteiger partial charge in [0.1, 0.15) is 0 Å². The molecule has 0 saturated carbocycles. The summed E-state index contributed by atoms with van der Waals surface area (Å²) in [6, 6.07) is 7.38. The van der Waals surface area contributed by atoms with E-state index in [4.69, 9.17) is 16.3 Å². The summed E-state index contributed by atoms with van der Waals surface area (Å²) in [5.41, 5.74) is -0.125. The van der Waals surface area contributed by atoms with Gasteiger partial charge in [0.15, 0.2) is 6.10 Å². The highest BCUT2D eigenvalue weighted by Gasteiger charge is 2.35. The molecule has 0 radical (unpaired) electrons. The molecule has 0 bridgehead atoms. The predicted octanol–water partition coefficient (Wildman–Crippen LogP) is 3.21. The molecule has 1 aliphatic rings. The lowest BCUT2D eigenvalue weighted by Gasteiger charge is -2.14. The Labute approximate surface area is 186 Å². The normalized spacial score (nSPS) is 13.4. The smallest absolute Gasteiger partial charge is 0.338 e. The molecule has 3 amide bonds. The molecule has 0 spiro atoms. The number of carbonyl (C=O) groups excluding carboxylic acids is 4. The number of nitrogens with zero attached hydrogens (tertiary/aromatic N) is 2. The molecule has 0 fully saturated rings. The van der Waals surface area contributed by atoms with Crippen LogP contribution < -0.4 is 5.32 Å². The highest BCUT2D eigenvalue weighted by Crippen LogP contribution is 2.27. The highest BCUT2D eigenvalue weighted by atomic mass is 35.5. The number of imide groups is 1. The summed E-state index contributed by atoms with van der Waals surface area (Å²) in [7, 11) is 0. The van der Waals surface area contributed by atoms with Crippen molar-refractivity contribution in [3.63, 3.8) is 0 Å². The molecule has 1 heterocycles. The minimum atomic E-state index is -1.29. The first-order chi connectivity index (χ1) is 15.1. The van der Waals surface area contributed by atoms with Crippen molar-refractivity contribution in [2.45, 2.75) is 13.0 Å². The molecule has 3 rings (SSSR count). The third-order valence-electron chi connectivity index (χ3n) is 4.59. The quantitative estimate of drug-likeness (QED) is 0.221. The van der Waals surface area contributed by atoms with E-state index in [0.29, 0.717) is 0 Å². The van der Waals surface area contributed by atoms with E-state index in [0.717, 1.165) is 11.0 Å². The minimum Gasteiger partial charge on any atom is -0.449 e. The lowest BCUT2D eigenvalue weighted by molar-refractivity contribution is -0.384. The van der Waals surface area contributed by atoms with Gasteiger partial charge in [-0.1, -0.05) is 17.7 Å². The Bertz CT molecular complexity index is 1180. The van der Waals surface area contributed by atoms with Gasteiger partial charge >= 0.3 is 5.97 Å². The molecule has 2 aromatic rings. The number of non-ortho nitro benzene ring substituents is 1. The summed E-state index contributed by atoms with van der Waals surface area (Å²) < 4.78 is 5.13. The number of nitro groups is 1. The number of rotatable bonds is 7. The Balaban J connectivity index is 1.72. The molecule has 32 heavy (non-hydrogen) atoms. The van der Waals surface area contributed by atoms with E-state index in [1.807, 2.05) is 0 Å². The van der Waals surface area contributed by atoms with Crippen molar-refractivity contribution in [3.8, 4) is 0 Å². The number of esters is 1. The summed E-state index contributed by atoms with van der Waals surface area (Å²) in [6.07, 6.45) is 0.116. The molecule has 0 unspecified atom stereocenters. The molecule has 2 aromatic carbocycles. The Kier molecular flexibility index (Phi) is 6.35. The van der Waals surface area contributed by atoms with Gasteiger partial charge in [-0.15, -0.1) is 6.58 Å². The number of nitrogens with one attached hydrogen (secondary N) is 1. The maximum absolute atomic E-state index is 12.5. The van der Waals surface area contributed by atoms with Gasteiger partial charge in [-0.3, -0.25) is 29.4 Å². The topological polar surface area (TPSA) is 136 Å². The van der Waals surface area contributed by atoms with Crippen LogP contribution >= 0.6 is 11.6 Å². The van der Waals surface area contributed by atoms with Crippen LogP contribution in [0, 0.1) is 10.1 Å². The molecule has 0 aromatic heterocycles. The Morgan fingerprint density at radius 1 is 1.22 bits per heavy atom. The molecule has 1 N–H and O–H groups in total. The fourth-order valence-corrected chi connectivity index (χ4v) is 3.12. The number of carbonyl (C=O) groups is 4. The van der Waals surface area contributed by atoms with Gasteiger partial charge in [0.05, 0.1) is 32.3 Å². The Hall–Kier alpha value is -4.05. The second-order valence-corrected chi connectivity index (χ2v) is 7.14. The van der Waals surface area contributed by atoms with Gasteiger partial charge in [-0.05, 0) is 31.2 Å². The second-order valence-electron chi connectivity index (χ2n) is 6.73. The summed E-state index contributed by atoms with van der Waals surface area (Å²) in [5.74, 6) is -2.73. The van der Waals surface area contributed by atoms with Crippen LogP contribution in [0.15, 0.2) is 49.1 Å². The standard InChI is InChI=1S/C21H16ClN3O7/c1-3-8-24-19(27)14-6-4-12(9-15(14)20(24)28)21(29)32-11(2)18(26)23-17-10-13(25(30)31)5-7-16(17)22/h3-7,9-11H,1,8H2,2H3,(H,23,26)/t11-/m1/s1. The van der Waals surface area contributed by atoms with Crippen molar-refractivity contribution in [2.24, 2.45) is 0 Å². The van der Waals surface area contributed by atoms with Crippen LogP contribution in [-0.4, -0.2) is 46.2 Å². The fourth-order valence-electron chi connectivity index (χ4n) is 2.95. The number of hydrogen-bond acceptors (Lipinski definition) is 7. The van der Waals surface area contributed by atoms with E-state index in [2.05, 4.69) is 11.9 Å². The average Bonchev–Trinajstić information content (AvgIpc) is 2.99. The number of hydrogen-bond donors (Lipinski definition) is 1. The predicted molar refractivity (Wildman–Crippen MR) is 114 cm³/mol. The summed E-state index contributed by atoms with van der Waals surface area (Å²) >= 11 is 5.95. The zero-order chi connectivity index (χ0) is 23.6. The van der Waals surface area contributed by atoms with E-state index in [1.54, 1.807) is 0 Å². The fraction of sp³-hybridized carbons (Fsp3) is 0.143. The van der Waals surface area contributed by atoms with Crippen molar-refractivity contribution in [1.29, 1.82) is 0 Å². The second kappa shape index (κ2) is 8.98. The van der Waals surface area contributed by atoms with Gasteiger partial charge in [0, 0.05) is 18.7 Å². The number of nitro benzene ring substituents is 1. The van der Waals surface area contributed by atoms with Crippen LogP contribution in [-0.2, 0) is 9.53 Å². The summed E-state index contributed by atoms with van der Waals surface area (Å²) in [5, 5.41) is 13.3. The highest BCUT2D eigenvalue weighted by molar-refractivity contribution is 6.33. The molecule has 1 aliphatic heterocycles. The maximum Gasteiger partial charge on any atom is 0.338 e. The van der Waals surface area contributed by atoms with E-state index in [-0.39, 0.29) is 39.6 Å². The van der Waals surface area contributed by atoms with Crippen molar-refractivity contribution in [3.05, 3.63) is 80.9 Å². The van der Waals surface area contributed by atoms with Gasteiger partial charge in [-0.2, -0.15) is 0 Å². The monoisotopic (exact) mass is 457 g/mol. The largest absolute Gasteiger partial charge is 0.449 e. The minimum absolute atomic E-state index is 0.0160. The number of fused-ring (bicyclic) bond motifs is 1. The SMILES string of the molecule is C=CCN1C(=O)c2ccc(C(=O)O[C@H](C)C(=O)Nc3cc([N+](=O)[O-])ccc3Cl)cc2C1=O. The lowest BCUT2D eigenvalue weighted by Crippen LogP contribution is -2.30. The number of halogens is 1. The van der Waals surface area contributed by atoms with E-state index in [9.17, 15) is 29.3 Å². The van der Waals surface area contributed by atoms with Crippen LogP contribution in [0.4, 0.5) is 11.4 Å². The van der Waals surface area contributed by atoms with Crippen LogP contribution in [0.2, 0.25) is 5.02 Å². The zero-order valence-corrected chi connectivity index (χ0v) is 17.4. The van der Waals surface area contributed by atoms with Gasteiger partial charge < -0.3 is 10.1 Å². The molecule has 11 heteroatoms. The molecular formula is C21H16ClN3O7. The first-order valence-corrected chi connectivity index (χ1v) is 9.58. The van der Waals surface area contributed by atoms with Crippen LogP contribution in [0.1, 0.15) is 38.0 Å². The Morgan fingerprint density at radius 2 is 1.91 bits per heavy atom. The number of benzene rings is 2. The molecule has 1 atom stereocenters. The van der Waals surface area contributed by atoms with Gasteiger partial charge in [-0.25, -0.2) is 4.79 Å². The third-order valence-corrected chi connectivity index (χ3v) is 4.92. The lowest BCUT2D eigenvalue weighted by atomic mass is 10.1. The van der Waals surface area contributed by atoms with Crippen LogP contribution in [0.5, 0.6) is 0 Å². The number of amides is 3. The first-order valence-electron chi connectivity index (χ1n) is 9.21. The zero-order valence-electron chi connectivity index (χ0n) is 16.7. The number of anilines is 1. The maximum atomic E-state index is 12.5. The molecule has 0 saturated heterocycles. The van der Waals surface area contributed by atoms with Crippen molar-refractivity contribution in [1.82, 2.24) is 4.90 Å². The third kappa shape index (κ3) is 4.35. The van der Waals surface area contributed by atoms with Crippen molar-refractivity contribution < 1.29 is 28.8 Å². The molecule has 164 valence electrons. The molecule has 10 nitrogen and oxygen atoms in total. The van der Waals surface area contributed by atoms with Gasteiger partial charge in [0.25, 0.3) is 23.4 Å². The van der Waals surface area contributed by atoms with E-state index >= 15 is 0 Å².